The second-order valence-corrected chi connectivity index (χ2v) is 13.1. The van der Waals surface area contributed by atoms with E-state index in [2.05, 4.69) is 111 Å². The molecule has 0 aliphatic carbocycles. The van der Waals surface area contributed by atoms with Crippen LogP contribution in [-0.4, -0.2) is 9.52 Å². The third kappa shape index (κ3) is 5.69. The minimum atomic E-state index is -0.826. The summed E-state index contributed by atoms with van der Waals surface area (Å²) in [7, 11) is 10.7. The zero-order chi connectivity index (χ0) is 23.9. The van der Waals surface area contributed by atoms with Gasteiger partial charge in [-0.15, -0.1) is 40.1 Å². The molecule has 0 aromatic heterocycles. The Morgan fingerprint density at radius 2 is 1.59 bits per heavy atom. The van der Waals surface area contributed by atoms with Crippen molar-refractivity contribution in [3.63, 3.8) is 0 Å². The maximum absolute atomic E-state index is 4.93. The van der Waals surface area contributed by atoms with Crippen LogP contribution in [0.2, 0.25) is 0 Å². The van der Waals surface area contributed by atoms with Gasteiger partial charge in [0, 0.05) is 0 Å². The first kappa shape index (κ1) is 25.3. The van der Waals surface area contributed by atoms with Crippen LogP contribution in [0.25, 0.3) is 33.0 Å². The van der Waals surface area contributed by atoms with Gasteiger partial charge in [0.05, 0.1) is 9.52 Å². The molecule has 2 radical (unpaired) electrons. The van der Waals surface area contributed by atoms with Crippen LogP contribution < -0.4 is 10.4 Å². The van der Waals surface area contributed by atoms with E-state index in [4.69, 9.17) is 17.0 Å². The molecule has 0 bridgehead atoms. The van der Waals surface area contributed by atoms with E-state index in [0.717, 1.165) is 15.9 Å². The van der Waals surface area contributed by atoms with Crippen molar-refractivity contribution in [2.24, 2.45) is 0 Å². The van der Waals surface area contributed by atoms with Gasteiger partial charge >= 0.3 is 37.9 Å². The monoisotopic (exact) mass is 572 g/mol. The predicted molar refractivity (Wildman–Crippen MR) is 147 cm³/mol. The standard InChI is InChI=1S/C18H17.C12H7Si.2ClH.Zr/c1-3-14-9-10-16-11-13(2)12-17(16)18(14)15-7-5-4-6-8-15;1-3-7-11-9(5-1)10-6-2-4-8-12(10)13-11;;;/h4-12H,3H2,1-2H3;1-7H;2*1H;/q2*-1;;;+4/p-2. The fourth-order valence-electron chi connectivity index (χ4n) is 4.44. The average molecular weight is 575 g/mol. The Hall–Kier alpha value is -1.83. The summed E-state index contributed by atoms with van der Waals surface area (Å²) >= 11 is -0.826. The molecule has 0 fully saturated rings. The molecule has 0 amide bonds. The summed E-state index contributed by atoms with van der Waals surface area (Å²) in [5.74, 6) is 0. The maximum Gasteiger partial charge on any atom is 0.0920 e. The van der Waals surface area contributed by atoms with Crippen LogP contribution in [0, 0.1) is 13.0 Å². The number of hydrogen-bond donors (Lipinski definition) is 0. The summed E-state index contributed by atoms with van der Waals surface area (Å²) in [6.07, 6.45) is 1.07. The SMILES string of the molecule is CCc1ccc2[cH-]c(C)cc2c1-c1ccccc1.[Cl][Zr+2][Cl].[c-]1cccc2c1[Si]c1ccccc1-2. The number of aryl methyl sites for hydroxylation is 2. The molecule has 6 rings (SSSR count). The Balaban J connectivity index is 0.000000150. The van der Waals surface area contributed by atoms with Crippen molar-refractivity contribution < 1.29 is 20.8 Å². The van der Waals surface area contributed by atoms with Gasteiger partial charge in [-0.25, -0.2) is 0 Å². The summed E-state index contributed by atoms with van der Waals surface area (Å²) in [6.45, 7) is 4.39. The van der Waals surface area contributed by atoms with Crippen LogP contribution in [0.3, 0.4) is 0 Å². The molecule has 0 unspecified atom stereocenters. The van der Waals surface area contributed by atoms with E-state index in [0.29, 0.717) is 0 Å². The maximum atomic E-state index is 4.93. The van der Waals surface area contributed by atoms with E-state index in [1.807, 2.05) is 6.07 Å². The van der Waals surface area contributed by atoms with E-state index in [-0.39, 0.29) is 0 Å². The topological polar surface area (TPSA) is 0 Å². The molecule has 0 spiro atoms. The van der Waals surface area contributed by atoms with E-state index in [1.165, 1.54) is 54.5 Å². The van der Waals surface area contributed by atoms with E-state index < -0.39 is 20.8 Å². The zero-order valence-corrected chi connectivity index (χ0v) is 24.2. The van der Waals surface area contributed by atoms with Crippen molar-refractivity contribution in [2.45, 2.75) is 20.3 Å². The van der Waals surface area contributed by atoms with Gasteiger partial charge in [-0.3, -0.25) is 0 Å². The molecule has 4 heteroatoms. The molecule has 1 aliphatic heterocycles. The Labute approximate surface area is 223 Å². The third-order valence-electron chi connectivity index (χ3n) is 5.90. The molecule has 5 aromatic rings. The van der Waals surface area contributed by atoms with E-state index in [1.54, 1.807) is 0 Å². The van der Waals surface area contributed by atoms with Gasteiger partial charge < -0.3 is 0 Å². The van der Waals surface area contributed by atoms with Crippen molar-refractivity contribution in [3.8, 4) is 22.3 Å². The smallest absolute Gasteiger partial charge is 0.0920 e. The number of rotatable bonds is 2. The molecule has 34 heavy (non-hydrogen) atoms. The van der Waals surface area contributed by atoms with Gasteiger partial charge in [0.2, 0.25) is 0 Å². The number of benzene rings is 4. The fourth-order valence-corrected chi connectivity index (χ4v) is 5.75. The van der Waals surface area contributed by atoms with Crippen molar-refractivity contribution in [1.82, 2.24) is 0 Å². The first-order valence-electron chi connectivity index (χ1n) is 11.2. The molecular weight excluding hydrogens is 551 g/mol. The minimum absolute atomic E-state index is 0.795. The molecular formula is C30H24Cl2SiZr. The largest absolute Gasteiger partial charge is 0.184 e. The van der Waals surface area contributed by atoms with Crippen LogP contribution >= 0.6 is 17.0 Å². The zero-order valence-electron chi connectivity index (χ0n) is 19.2. The molecule has 0 nitrogen and oxygen atoms in total. The van der Waals surface area contributed by atoms with E-state index in [9.17, 15) is 0 Å². The quantitative estimate of drug-likeness (QED) is 0.148. The van der Waals surface area contributed by atoms with Gasteiger partial charge in [-0.1, -0.05) is 90.3 Å². The van der Waals surface area contributed by atoms with Crippen LogP contribution in [-0.2, 0) is 27.3 Å². The summed E-state index contributed by atoms with van der Waals surface area (Å²) < 4.78 is 0. The Morgan fingerprint density at radius 3 is 2.35 bits per heavy atom. The summed E-state index contributed by atoms with van der Waals surface area (Å²) in [5, 5.41) is 5.56. The van der Waals surface area contributed by atoms with Crippen molar-refractivity contribution >= 4 is 47.7 Å². The third-order valence-corrected chi connectivity index (χ3v) is 7.27. The van der Waals surface area contributed by atoms with Crippen LogP contribution in [0.15, 0.2) is 97.1 Å². The van der Waals surface area contributed by atoms with E-state index >= 15 is 0 Å². The van der Waals surface area contributed by atoms with Crippen LogP contribution in [0.5, 0.6) is 0 Å². The fraction of sp³-hybridized carbons (Fsp3) is 0.100. The summed E-state index contributed by atoms with van der Waals surface area (Å²) in [6, 6.07) is 38.0. The van der Waals surface area contributed by atoms with Gasteiger partial charge in [-0.2, -0.15) is 35.5 Å². The molecule has 5 aromatic carbocycles. The first-order chi connectivity index (χ1) is 16.7. The van der Waals surface area contributed by atoms with Crippen LogP contribution in [0.4, 0.5) is 0 Å². The van der Waals surface area contributed by atoms with Crippen molar-refractivity contribution in [1.29, 1.82) is 0 Å². The van der Waals surface area contributed by atoms with Gasteiger partial charge in [0.1, 0.15) is 0 Å². The average Bonchev–Trinajstić information content (AvgIpc) is 3.44. The molecule has 1 heterocycles. The van der Waals surface area contributed by atoms with Crippen molar-refractivity contribution in [2.75, 3.05) is 0 Å². The Kier molecular flexibility index (Phi) is 9.09. The molecule has 1 aliphatic rings. The first-order valence-corrected chi connectivity index (χ1v) is 18.6. The molecule has 0 saturated heterocycles. The molecule has 0 atom stereocenters. The second-order valence-electron chi connectivity index (χ2n) is 8.06. The van der Waals surface area contributed by atoms with Gasteiger partial charge in [0.15, 0.2) is 0 Å². The number of hydrogen-bond acceptors (Lipinski definition) is 0. The normalized spacial score (nSPS) is 10.8. The van der Waals surface area contributed by atoms with Crippen molar-refractivity contribution in [3.05, 3.63) is 114 Å². The Bertz CT molecular complexity index is 1330. The van der Waals surface area contributed by atoms with Gasteiger partial charge in [0.25, 0.3) is 0 Å². The predicted octanol–water partition coefficient (Wildman–Crippen LogP) is 7.60. The molecule has 0 N–H and O–H groups in total. The van der Waals surface area contributed by atoms with Gasteiger partial charge in [-0.05, 0) is 12.0 Å². The summed E-state index contributed by atoms with van der Waals surface area (Å²) in [5.41, 5.74) is 8.27. The van der Waals surface area contributed by atoms with Crippen LogP contribution in [0.1, 0.15) is 18.1 Å². The molecule has 166 valence electrons. The number of fused-ring (bicyclic) bond motifs is 4. The molecule has 0 saturated carbocycles. The second kappa shape index (κ2) is 12.2. The Morgan fingerprint density at radius 1 is 0.882 bits per heavy atom. The minimum Gasteiger partial charge on any atom is -0.184 e. The number of halogens is 2. The summed E-state index contributed by atoms with van der Waals surface area (Å²) in [4.78, 5) is 0.